The van der Waals surface area contributed by atoms with Crippen LogP contribution in [0.4, 0.5) is 5.69 Å². The van der Waals surface area contributed by atoms with Gasteiger partial charge in [0, 0.05) is 24.0 Å². The highest BCUT2D eigenvalue weighted by molar-refractivity contribution is 7.89. The van der Waals surface area contributed by atoms with Crippen molar-refractivity contribution in [2.75, 3.05) is 5.73 Å². The maximum atomic E-state index is 12.5. The van der Waals surface area contributed by atoms with Gasteiger partial charge in [-0.2, -0.15) is 5.10 Å². The molecule has 6 nitrogen and oxygen atoms in total. The predicted molar refractivity (Wildman–Crippen MR) is 82.2 cm³/mol. The van der Waals surface area contributed by atoms with Crippen LogP contribution in [0.15, 0.2) is 29.4 Å². The summed E-state index contributed by atoms with van der Waals surface area (Å²) in [5.41, 5.74) is 8.86. The molecule has 0 aliphatic rings. The van der Waals surface area contributed by atoms with Gasteiger partial charge < -0.3 is 5.73 Å². The third-order valence-electron chi connectivity index (χ3n) is 3.38. The lowest BCUT2D eigenvalue weighted by Crippen LogP contribution is -2.24. The lowest BCUT2D eigenvalue weighted by molar-refractivity contribution is 0.580. The van der Waals surface area contributed by atoms with E-state index in [1.54, 1.807) is 18.5 Å². The van der Waals surface area contributed by atoms with Crippen molar-refractivity contribution in [1.29, 1.82) is 0 Å². The summed E-state index contributed by atoms with van der Waals surface area (Å²) in [6, 6.07) is 3.54. The molecule has 0 bridgehead atoms. The Balaban J connectivity index is 2.36. The molecule has 0 spiro atoms. The van der Waals surface area contributed by atoms with Crippen LogP contribution in [0.25, 0.3) is 0 Å². The number of anilines is 1. The number of nitrogen functional groups attached to an aromatic ring is 1. The van der Waals surface area contributed by atoms with Crippen molar-refractivity contribution < 1.29 is 8.42 Å². The number of nitrogens with two attached hydrogens (primary N) is 1. The molecule has 0 unspecified atom stereocenters. The highest BCUT2D eigenvalue weighted by Gasteiger charge is 2.20. The first-order valence-electron chi connectivity index (χ1n) is 6.86. The minimum absolute atomic E-state index is 0.193. The maximum absolute atomic E-state index is 12.5. The summed E-state index contributed by atoms with van der Waals surface area (Å²) in [7, 11) is -3.61. The largest absolute Gasteiger partial charge is 0.398 e. The molecular weight excluding hydrogens is 288 g/mol. The fourth-order valence-electron chi connectivity index (χ4n) is 2.18. The van der Waals surface area contributed by atoms with Gasteiger partial charge in [-0.05, 0) is 36.1 Å². The summed E-state index contributed by atoms with van der Waals surface area (Å²) < 4.78 is 27.6. The standard InChI is InChI=1S/C14H20N4O2S/c1-3-10-5-13(15)12(4-2)14(6-10)21(19,20)18-9-11-7-16-17-8-11/h5-8,18H,3-4,9,15H2,1-2H3,(H,16,17). The summed E-state index contributed by atoms with van der Waals surface area (Å²) in [4.78, 5) is 0.269. The average Bonchev–Trinajstić information content (AvgIpc) is 2.97. The van der Waals surface area contributed by atoms with E-state index in [0.29, 0.717) is 17.7 Å². The number of benzene rings is 1. The fraction of sp³-hybridized carbons (Fsp3) is 0.357. The molecule has 0 aliphatic carbocycles. The fourth-order valence-corrected chi connectivity index (χ4v) is 3.58. The van der Waals surface area contributed by atoms with Gasteiger partial charge in [0.2, 0.25) is 10.0 Å². The van der Waals surface area contributed by atoms with Gasteiger partial charge in [-0.25, -0.2) is 13.1 Å². The number of rotatable bonds is 6. The zero-order chi connectivity index (χ0) is 15.5. The maximum Gasteiger partial charge on any atom is 0.241 e. The molecule has 2 rings (SSSR count). The minimum atomic E-state index is -3.61. The summed E-state index contributed by atoms with van der Waals surface area (Å²) in [5, 5.41) is 6.44. The Bertz CT molecular complexity index is 709. The van der Waals surface area contributed by atoms with E-state index >= 15 is 0 Å². The van der Waals surface area contributed by atoms with E-state index < -0.39 is 10.0 Å². The first kappa shape index (κ1) is 15.5. The Hall–Kier alpha value is -1.86. The van der Waals surface area contributed by atoms with Crippen LogP contribution in [0.1, 0.15) is 30.5 Å². The van der Waals surface area contributed by atoms with E-state index in [1.807, 2.05) is 19.9 Å². The van der Waals surface area contributed by atoms with Crippen LogP contribution in [0.3, 0.4) is 0 Å². The van der Waals surface area contributed by atoms with E-state index in [0.717, 1.165) is 17.5 Å². The molecule has 7 heteroatoms. The van der Waals surface area contributed by atoms with Crippen LogP contribution >= 0.6 is 0 Å². The second kappa shape index (κ2) is 6.28. The second-order valence-electron chi connectivity index (χ2n) is 4.80. The van der Waals surface area contributed by atoms with E-state index in [-0.39, 0.29) is 11.4 Å². The van der Waals surface area contributed by atoms with E-state index in [1.165, 1.54) is 0 Å². The van der Waals surface area contributed by atoms with Gasteiger partial charge in [0.1, 0.15) is 0 Å². The predicted octanol–water partition coefficient (Wildman–Crippen LogP) is 1.60. The van der Waals surface area contributed by atoms with Crippen molar-refractivity contribution >= 4 is 15.7 Å². The zero-order valence-corrected chi connectivity index (χ0v) is 13.0. The smallest absolute Gasteiger partial charge is 0.241 e. The van der Waals surface area contributed by atoms with Gasteiger partial charge >= 0.3 is 0 Å². The SMILES string of the molecule is CCc1cc(N)c(CC)c(S(=O)(=O)NCc2cn[nH]c2)c1. The Morgan fingerprint density at radius 3 is 2.57 bits per heavy atom. The number of aryl methyl sites for hydroxylation is 1. The van der Waals surface area contributed by atoms with Crippen molar-refractivity contribution in [2.45, 2.75) is 38.1 Å². The van der Waals surface area contributed by atoms with Crippen LogP contribution in [0, 0.1) is 0 Å². The first-order valence-corrected chi connectivity index (χ1v) is 8.34. The number of nitrogens with one attached hydrogen (secondary N) is 2. The molecule has 0 aliphatic heterocycles. The van der Waals surface area contributed by atoms with Gasteiger partial charge in [0.15, 0.2) is 0 Å². The highest BCUT2D eigenvalue weighted by atomic mass is 32.2. The Morgan fingerprint density at radius 1 is 1.24 bits per heavy atom. The van der Waals surface area contributed by atoms with Crippen molar-refractivity contribution in [3.8, 4) is 0 Å². The molecule has 0 saturated heterocycles. The van der Waals surface area contributed by atoms with Gasteiger partial charge in [0.25, 0.3) is 0 Å². The third-order valence-corrected chi connectivity index (χ3v) is 4.84. The number of hydrogen-bond donors (Lipinski definition) is 3. The van der Waals surface area contributed by atoms with E-state index in [4.69, 9.17) is 5.73 Å². The zero-order valence-electron chi connectivity index (χ0n) is 12.2. The van der Waals surface area contributed by atoms with E-state index in [9.17, 15) is 8.42 Å². The molecule has 2 aromatic rings. The Morgan fingerprint density at radius 2 is 2.00 bits per heavy atom. The molecule has 0 amide bonds. The molecule has 1 aromatic carbocycles. The molecule has 1 heterocycles. The number of sulfonamides is 1. The highest BCUT2D eigenvalue weighted by Crippen LogP contribution is 2.25. The van der Waals surface area contributed by atoms with Gasteiger partial charge in [-0.3, -0.25) is 5.10 Å². The van der Waals surface area contributed by atoms with Gasteiger partial charge in [0.05, 0.1) is 11.1 Å². The van der Waals surface area contributed by atoms with Gasteiger partial charge in [-0.1, -0.05) is 13.8 Å². The average molecular weight is 308 g/mol. The molecule has 1 aromatic heterocycles. The molecule has 114 valence electrons. The normalized spacial score (nSPS) is 11.7. The lowest BCUT2D eigenvalue weighted by Gasteiger charge is -2.14. The van der Waals surface area contributed by atoms with Gasteiger partial charge in [-0.15, -0.1) is 0 Å². The third kappa shape index (κ3) is 3.43. The van der Waals surface area contributed by atoms with Crippen LogP contribution in [-0.2, 0) is 29.4 Å². The minimum Gasteiger partial charge on any atom is -0.398 e. The summed E-state index contributed by atoms with van der Waals surface area (Å²) in [6.07, 6.45) is 4.54. The van der Waals surface area contributed by atoms with Crippen LogP contribution in [0.2, 0.25) is 0 Å². The quantitative estimate of drug-likeness (QED) is 0.705. The summed E-state index contributed by atoms with van der Waals surface area (Å²) >= 11 is 0. The summed E-state index contributed by atoms with van der Waals surface area (Å²) in [6.45, 7) is 4.06. The Kier molecular flexibility index (Phi) is 4.64. The van der Waals surface area contributed by atoms with Crippen molar-refractivity contribution in [3.63, 3.8) is 0 Å². The van der Waals surface area contributed by atoms with E-state index in [2.05, 4.69) is 14.9 Å². The number of H-pyrrole nitrogens is 1. The lowest BCUT2D eigenvalue weighted by atomic mass is 10.1. The van der Waals surface area contributed by atoms with Crippen molar-refractivity contribution in [1.82, 2.24) is 14.9 Å². The molecule has 21 heavy (non-hydrogen) atoms. The van der Waals surface area contributed by atoms with Crippen LogP contribution < -0.4 is 10.5 Å². The summed E-state index contributed by atoms with van der Waals surface area (Å²) in [5.74, 6) is 0. The topological polar surface area (TPSA) is 101 Å². The van der Waals surface area contributed by atoms with Crippen molar-refractivity contribution in [2.24, 2.45) is 0 Å². The number of aromatic nitrogens is 2. The second-order valence-corrected chi connectivity index (χ2v) is 6.54. The number of hydrogen-bond acceptors (Lipinski definition) is 4. The molecule has 0 radical (unpaired) electrons. The van der Waals surface area contributed by atoms with Crippen LogP contribution in [0.5, 0.6) is 0 Å². The molecule has 0 atom stereocenters. The molecule has 4 N–H and O–H groups in total. The monoisotopic (exact) mass is 308 g/mol. The molecule has 0 fully saturated rings. The number of nitrogens with zero attached hydrogens (tertiary/aromatic N) is 1. The van der Waals surface area contributed by atoms with Crippen molar-refractivity contribution in [3.05, 3.63) is 41.2 Å². The first-order chi connectivity index (χ1) is 9.97. The molecule has 0 saturated carbocycles. The Labute approximate surface area is 124 Å². The van der Waals surface area contributed by atoms with Crippen LogP contribution in [-0.4, -0.2) is 18.6 Å². The molecular formula is C14H20N4O2S. The number of aromatic amines is 1.